The number of halogens is 2. The van der Waals surface area contributed by atoms with Gasteiger partial charge in [0.15, 0.2) is 4.47 Å². The minimum Gasteiger partial charge on any atom is -0.380 e. The Morgan fingerprint density at radius 2 is 1.86 bits per heavy atom. The summed E-state index contributed by atoms with van der Waals surface area (Å²) in [5, 5.41) is 3.37. The summed E-state index contributed by atoms with van der Waals surface area (Å²) in [5.41, 5.74) is 3.00. The number of hydrogen-bond acceptors (Lipinski definition) is 3. The SMILES string of the molecule is Fc1ccc(-c2ccccc2NCc2cnc(Cl)s2)cc1. The van der Waals surface area contributed by atoms with Crippen molar-refractivity contribution in [2.45, 2.75) is 6.54 Å². The fourth-order valence-corrected chi connectivity index (χ4v) is 2.98. The van der Waals surface area contributed by atoms with Crippen LogP contribution in [0.2, 0.25) is 4.47 Å². The van der Waals surface area contributed by atoms with Gasteiger partial charge in [0.1, 0.15) is 5.82 Å². The van der Waals surface area contributed by atoms with Crippen molar-refractivity contribution in [3.05, 3.63) is 69.9 Å². The zero-order valence-electron chi connectivity index (χ0n) is 11.0. The number of rotatable bonds is 4. The average molecular weight is 319 g/mol. The Kier molecular flexibility index (Phi) is 4.18. The van der Waals surface area contributed by atoms with Crippen LogP contribution < -0.4 is 5.32 Å². The molecule has 1 aromatic heterocycles. The number of anilines is 1. The summed E-state index contributed by atoms with van der Waals surface area (Å²) in [6.45, 7) is 0.655. The maximum atomic E-state index is 13.0. The van der Waals surface area contributed by atoms with Gasteiger partial charge < -0.3 is 5.32 Å². The molecule has 3 rings (SSSR count). The molecule has 2 aromatic carbocycles. The molecule has 0 aliphatic carbocycles. The predicted octanol–water partition coefficient (Wildman–Crippen LogP) is 5.21. The molecule has 1 N–H and O–H groups in total. The van der Waals surface area contributed by atoms with Crippen molar-refractivity contribution >= 4 is 28.6 Å². The molecule has 0 spiro atoms. The number of aromatic nitrogens is 1. The molecular weight excluding hydrogens is 307 g/mol. The van der Waals surface area contributed by atoms with E-state index in [2.05, 4.69) is 10.3 Å². The lowest BCUT2D eigenvalue weighted by molar-refractivity contribution is 0.628. The van der Waals surface area contributed by atoms with Crippen LogP contribution in [0.1, 0.15) is 4.88 Å². The van der Waals surface area contributed by atoms with Crippen LogP contribution in [0.5, 0.6) is 0 Å². The van der Waals surface area contributed by atoms with Crippen molar-refractivity contribution in [2.24, 2.45) is 0 Å². The van der Waals surface area contributed by atoms with Crippen LogP contribution >= 0.6 is 22.9 Å². The van der Waals surface area contributed by atoms with E-state index in [0.29, 0.717) is 11.0 Å². The Hall–Kier alpha value is -1.91. The molecule has 106 valence electrons. The van der Waals surface area contributed by atoms with E-state index in [4.69, 9.17) is 11.6 Å². The second-order valence-corrected chi connectivity index (χ2v) is 6.18. The summed E-state index contributed by atoms with van der Waals surface area (Å²) >= 11 is 7.28. The maximum absolute atomic E-state index is 13.0. The third kappa shape index (κ3) is 3.40. The van der Waals surface area contributed by atoms with Crippen LogP contribution in [0, 0.1) is 5.82 Å². The molecule has 0 saturated heterocycles. The Labute approximate surface area is 131 Å². The Bertz CT molecular complexity index is 740. The van der Waals surface area contributed by atoms with Crippen LogP contribution in [0.15, 0.2) is 54.7 Å². The normalized spacial score (nSPS) is 10.6. The van der Waals surface area contributed by atoms with E-state index in [0.717, 1.165) is 21.7 Å². The highest BCUT2D eigenvalue weighted by Gasteiger charge is 2.06. The zero-order valence-corrected chi connectivity index (χ0v) is 12.6. The molecule has 0 unspecified atom stereocenters. The molecule has 1 heterocycles. The second-order valence-electron chi connectivity index (χ2n) is 4.49. The van der Waals surface area contributed by atoms with Gasteiger partial charge in [0, 0.05) is 22.3 Å². The summed E-state index contributed by atoms with van der Waals surface area (Å²) < 4.78 is 13.6. The van der Waals surface area contributed by atoms with Crippen molar-refractivity contribution in [3.63, 3.8) is 0 Å². The largest absolute Gasteiger partial charge is 0.380 e. The molecule has 3 aromatic rings. The third-order valence-electron chi connectivity index (χ3n) is 3.06. The van der Waals surface area contributed by atoms with Gasteiger partial charge in [-0.3, -0.25) is 0 Å². The number of thiazole rings is 1. The molecule has 0 saturated carbocycles. The van der Waals surface area contributed by atoms with Crippen molar-refractivity contribution < 1.29 is 4.39 Å². The highest BCUT2D eigenvalue weighted by molar-refractivity contribution is 7.15. The van der Waals surface area contributed by atoms with Crippen molar-refractivity contribution in [3.8, 4) is 11.1 Å². The smallest absolute Gasteiger partial charge is 0.183 e. The molecule has 0 aliphatic rings. The lowest BCUT2D eigenvalue weighted by atomic mass is 10.0. The number of para-hydroxylation sites is 1. The highest BCUT2D eigenvalue weighted by atomic mass is 35.5. The van der Waals surface area contributed by atoms with Gasteiger partial charge in [0.25, 0.3) is 0 Å². The summed E-state index contributed by atoms with van der Waals surface area (Å²) in [7, 11) is 0. The van der Waals surface area contributed by atoms with Gasteiger partial charge in [-0.1, -0.05) is 41.9 Å². The first-order chi connectivity index (χ1) is 10.2. The van der Waals surface area contributed by atoms with E-state index >= 15 is 0 Å². The Morgan fingerprint density at radius 1 is 1.10 bits per heavy atom. The quantitative estimate of drug-likeness (QED) is 0.714. The van der Waals surface area contributed by atoms with Gasteiger partial charge in [-0.05, 0) is 23.8 Å². The molecule has 0 atom stereocenters. The number of nitrogens with one attached hydrogen (secondary N) is 1. The fourth-order valence-electron chi connectivity index (χ4n) is 2.07. The molecule has 0 radical (unpaired) electrons. The van der Waals surface area contributed by atoms with Crippen molar-refractivity contribution in [2.75, 3.05) is 5.32 Å². The van der Waals surface area contributed by atoms with Crippen LogP contribution in [0.3, 0.4) is 0 Å². The van der Waals surface area contributed by atoms with Gasteiger partial charge in [-0.2, -0.15) is 0 Å². The molecule has 21 heavy (non-hydrogen) atoms. The molecular formula is C16H12ClFN2S. The predicted molar refractivity (Wildman–Crippen MR) is 86.3 cm³/mol. The van der Waals surface area contributed by atoms with Gasteiger partial charge in [-0.25, -0.2) is 9.37 Å². The molecule has 0 fully saturated rings. The first-order valence-electron chi connectivity index (χ1n) is 6.41. The first kappa shape index (κ1) is 14.0. The van der Waals surface area contributed by atoms with Crippen molar-refractivity contribution in [1.82, 2.24) is 4.98 Å². The number of benzene rings is 2. The van der Waals surface area contributed by atoms with Crippen LogP contribution in [-0.4, -0.2) is 4.98 Å². The van der Waals surface area contributed by atoms with E-state index < -0.39 is 0 Å². The Balaban J connectivity index is 1.84. The number of nitrogens with zero attached hydrogens (tertiary/aromatic N) is 1. The van der Waals surface area contributed by atoms with Crippen molar-refractivity contribution in [1.29, 1.82) is 0 Å². The fraction of sp³-hybridized carbons (Fsp3) is 0.0625. The van der Waals surface area contributed by atoms with Gasteiger partial charge in [-0.15, -0.1) is 11.3 Å². The van der Waals surface area contributed by atoms with E-state index in [-0.39, 0.29) is 5.82 Å². The van der Waals surface area contributed by atoms with E-state index in [1.165, 1.54) is 23.5 Å². The molecule has 0 amide bonds. The van der Waals surface area contributed by atoms with E-state index in [9.17, 15) is 4.39 Å². The van der Waals surface area contributed by atoms with Crippen LogP contribution in [0.4, 0.5) is 10.1 Å². The summed E-state index contributed by atoms with van der Waals surface area (Å²) in [6, 6.07) is 14.4. The molecule has 0 bridgehead atoms. The first-order valence-corrected chi connectivity index (χ1v) is 7.61. The van der Waals surface area contributed by atoms with Gasteiger partial charge >= 0.3 is 0 Å². The monoisotopic (exact) mass is 318 g/mol. The summed E-state index contributed by atoms with van der Waals surface area (Å²) in [6.07, 6.45) is 1.76. The topological polar surface area (TPSA) is 24.9 Å². The number of hydrogen-bond donors (Lipinski definition) is 1. The van der Waals surface area contributed by atoms with Gasteiger partial charge in [0.2, 0.25) is 0 Å². The minimum atomic E-state index is -0.233. The summed E-state index contributed by atoms with van der Waals surface area (Å²) in [5.74, 6) is -0.233. The maximum Gasteiger partial charge on any atom is 0.183 e. The van der Waals surface area contributed by atoms with E-state index in [1.807, 2.05) is 24.3 Å². The standard InChI is InChI=1S/C16H12ClFN2S/c17-16-20-10-13(21-16)9-19-15-4-2-1-3-14(15)11-5-7-12(18)8-6-11/h1-8,10,19H,9H2. The third-order valence-corrected chi connectivity index (χ3v) is 4.18. The van der Waals surface area contributed by atoms with E-state index in [1.54, 1.807) is 18.3 Å². The summed E-state index contributed by atoms with van der Waals surface area (Å²) in [4.78, 5) is 5.09. The average Bonchev–Trinajstić information content (AvgIpc) is 2.92. The zero-order chi connectivity index (χ0) is 14.7. The van der Waals surface area contributed by atoms with Crippen LogP contribution in [0.25, 0.3) is 11.1 Å². The Morgan fingerprint density at radius 3 is 2.57 bits per heavy atom. The highest BCUT2D eigenvalue weighted by Crippen LogP contribution is 2.29. The molecule has 5 heteroatoms. The lowest BCUT2D eigenvalue weighted by Gasteiger charge is -2.11. The van der Waals surface area contributed by atoms with Gasteiger partial charge in [0.05, 0.1) is 6.54 Å². The molecule has 2 nitrogen and oxygen atoms in total. The lowest BCUT2D eigenvalue weighted by Crippen LogP contribution is -1.99. The van der Waals surface area contributed by atoms with Crippen LogP contribution in [-0.2, 0) is 6.54 Å². The minimum absolute atomic E-state index is 0.233. The molecule has 0 aliphatic heterocycles. The second kappa shape index (κ2) is 6.24.